The highest BCUT2D eigenvalue weighted by Gasteiger charge is 2.26. The normalized spacial score (nSPS) is 16.7. The quantitative estimate of drug-likeness (QED) is 0.532. The van der Waals surface area contributed by atoms with Crippen molar-refractivity contribution in [3.8, 4) is 0 Å². The van der Waals surface area contributed by atoms with Crippen LogP contribution in [0.25, 0.3) is 0 Å². The average molecular weight is 425 g/mol. The SMILES string of the molecule is Cc1ccc(S(=O)(=O)NC(CC(C)C)C(=O)NCCCOC2CCCCC2)cc1. The van der Waals surface area contributed by atoms with Gasteiger partial charge in [0.05, 0.1) is 11.0 Å². The van der Waals surface area contributed by atoms with Crippen molar-refractivity contribution in [2.24, 2.45) is 5.92 Å². The van der Waals surface area contributed by atoms with Crippen molar-refractivity contribution in [1.82, 2.24) is 10.0 Å². The van der Waals surface area contributed by atoms with E-state index in [-0.39, 0.29) is 16.7 Å². The molecule has 1 aromatic rings. The molecule has 1 aliphatic carbocycles. The summed E-state index contributed by atoms with van der Waals surface area (Å²) in [6, 6.07) is 5.83. The molecule has 1 atom stereocenters. The first kappa shape index (κ1) is 23.8. The number of carbonyl (C=O) groups is 1. The third-order valence-corrected chi connectivity index (χ3v) is 6.67. The molecule has 164 valence electrons. The van der Waals surface area contributed by atoms with Crippen LogP contribution in [0.5, 0.6) is 0 Å². The molecule has 1 unspecified atom stereocenters. The van der Waals surface area contributed by atoms with E-state index in [2.05, 4.69) is 10.0 Å². The van der Waals surface area contributed by atoms with Crippen LogP contribution in [0, 0.1) is 12.8 Å². The van der Waals surface area contributed by atoms with Crippen LogP contribution in [0.3, 0.4) is 0 Å². The largest absolute Gasteiger partial charge is 0.378 e. The molecule has 0 radical (unpaired) electrons. The fourth-order valence-corrected chi connectivity index (χ4v) is 4.75. The number of nitrogens with one attached hydrogen (secondary N) is 2. The van der Waals surface area contributed by atoms with Gasteiger partial charge in [-0.05, 0) is 50.7 Å². The van der Waals surface area contributed by atoms with Gasteiger partial charge in [-0.15, -0.1) is 0 Å². The van der Waals surface area contributed by atoms with Crippen LogP contribution in [0.1, 0.15) is 64.4 Å². The van der Waals surface area contributed by atoms with E-state index in [1.165, 1.54) is 19.3 Å². The summed E-state index contributed by atoms with van der Waals surface area (Å²) in [5, 5.41) is 2.86. The minimum Gasteiger partial charge on any atom is -0.378 e. The van der Waals surface area contributed by atoms with Crippen LogP contribution in [0.15, 0.2) is 29.2 Å². The number of ether oxygens (including phenoxy) is 1. The number of aryl methyl sites for hydroxylation is 1. The molecule has 1 fully saturated rings. The monoisotopic (exact) mass is 424 g/mol. The highest BCUT2D eigenvalue weighted by atomic mass is 32.2. The maximum absolute atomic E-state index is 12.7. The van der Waals surface area contributed by atoms with Crippen molar-refractivity contribution in [3.63, 3.8) is 0 Å². The molecule has 6 nitrogen and oxygen atoms in total. The van der Waals surface area contributed by atoms with Crippen molar-refractivity contribution in [2.75, 3.05) is 13.2 Å². The van der Waals surface area contributed by atoms with Gasteiger partial charge in [-0.1, -0.05) is 50.8 Å². The Kier molecular flexibility index (Phi) is 9.59. The number of sulfonamides is 1. The van der Waals surface area contributed by atoms with E-state index in [1.54, 1.807) is 24.3 Å². The van der Waals surface area contributed by atoms with E-state index in [0.29, 0.717) is 25.7 Å². The van der Waals surface area contributed by atoms with Crippen LogP contribution in [0.2, 0.25) is 0 Å². The third kappa shape index (κ3) is 8.44. The van der Waals surface area contributed by atoms with Crippen LogP contribution >= 0.6 is 0 Å². The van der Waals surface area contributed by atoms with Gasteiger partial charge in [0.2, 0.25) is 15.9 Å². The second-order valence-corrected chi connectivity index (χ2v) is 10.1. The molecule has 0 bridgehead atoms. The molecule has 0 aliphatic heterocycles. The summed E-state index contributed by atoms with van der Waals surface area (Å²) in [4.78, 5) is 12.8. The van der Waals surface area contributed by atoms with Gasteiger partial charge in [0.15, 0.2) is 0 Å². The molecule has 1 aromatic carbocycles. The molecule has 0 heterocycles. The number of hydrogen-bond acceptors (Lipinski definition) is 4. The second kappa shape index (κ2) is 11.7. The van der Waals surface area contributed by atoms with Crippen LogP contribution < -0.4 is 10.0 Å². The molecule has 1 aliphatic rings. The van der Waals surface area contributed by atoms with Crippen LogP contribution in [-0.2, 0) is 19.6 Å². The van der Waals surface area contributed by atoms with Crippen molar-refractivity contribution in [1.29, 1.82) is 0 Å². The predicted octanol–water partition coefficient (Wildman–Crippen LogP) is 3.54. The molecule has 2 rings (SSSR count). The van der Waals surface area contributed by atoms with Gasteiger partial charge in [-0.3, -0.25) is 4.79 Å². The summed E-state index contributed by atoms with van der Waals surface area (Å²) in [7, 11) is -3.75. The van der Waals surface area contributed by atoms with Crippen LogP contribution in [-0.4, -0.2) is 39.6 Å². The van der Waals surface area contributed by atoms with E-state index in [1.807, 2.05) is 20.8 Å². The summed E-state index contributed by atoms with van der Waals surface area (Å²) in [6.45, 7) is 6.94. The molecule has 0 saturated heterocycles. The zero-order chi connectivity index (χ0) is 21.3. The maximum Gasteiger partial charge on any atom is 0.241 e. The number of hydrogen-bond donors (Lipinski definition) is 2. The Morgan fingerprint density at radius 2 is 1.79 bits per heavy atom. The smallest absolute Gasteiger partial charge is 0.241 e. The molecule has 2 N–H and O–H groups in total. The van der Waals surface area contributed by atoms with Gasteiger partial charge >= 0.3 is 0 Å². The number of amides is 1. The molecule has 1 saturated carbocycles. The summed E-state index contributed by atoms with van der Waals surface area (Å²) in [5.74, 6) is -0.104. The molecule has 1 amide bonds. The molecule has 7 heteroatoms. The topological polar surface area (TPSA) is 84.5 Å². The van der Waals surface area contributed by atoms with Gasteiger partial charge in [0.1, 0.15) is 6.04 Å². The molecule has 29 heavy (non-hydrogen) atoms. The Morgan fingerprint density at radius 1 is 1.14 bits per heavy atom. The standard InChI is InChI=1S/C22H36N2O4S/c1-17(2)16-21(24-29(26,27)20-12-10-18(3)11-13-20)22(25)23-14-7-15-28-19-8-5-4-6-9-19/h10-13,17,19,21,24H,4-9,14-16H2,1-3H3,(H,23,25). The second-order valence-electron chi connectivity index (χ2n) is 8.39. The van der Waals surface area contributed by atoms with Gasteiger partial charge in [-0.2, -0.15) is 4.72 Å². The van der Waals surface area contributed by atoms with Crippen LogP contribution in [0.4, 0.5) is 0 Å². The van der Waals surface area contributed by atoms with Crippen molar-refractivity contribution in [2.45, 2.75) is 82.8 Å². The van der Waals surface area contributed by atoms with E-state index >= 15 is 0 Å². The van der Waals surface area contributed by atoms with E-state index in [0.717, 1.165) is 24.8 Å². The molecule has 0 aromatic heterocycles. The first-order chi connectivity index (χ1) is 13.8. The lowest BCUT2D eigenvalue weighted by Gasteiger charge is -2.22. The minimum atomic E-state index is -3.75. The zero-order valence-electron chi connectivity index (χ0n) is 17.9. The Bertz CT molecular complexity index is 726. The number of benzene rings is 1. The van der Waals surface area contributed by atoms with Gasteiger partial charge < -0.3 is 10.1 Å². The highest BCUT2D eigenvalue weighted by molar-refractivity contribution is 7.89. The van der Waals surface area contributed by atoms with Gasteiger partial charge in [0.25, 0.3) is 0 Å². The summed E-state index contributed by atoms with van der Waals surface area (Å²) in [5.41, 5.74) is 0.982. The fourth-order valence-electron chi connectivity index (χ4n) is 3.54. The molecule has 0 spiro atoms. The summed E-state index contributed by atoms with van der Waals surface area (Å²) >= 11 is 0. The first-order valence-corrected chi connectivity index (χ1v) is 12.2. The molecular weight excluding hydrogens is 388 g/mol. The first-order valence-electron chi connectivity index (χ1n) is 10.8. The van der Waals surface area contributed by atoms with Crippen molar-refractivity contribution < 1.29 is 17.9 Å². The Hall–Kier alpha value is -1.44. The van der Waals surface area contributed by atoms with E-state index in [9.17, 15) is 13.2 Å². The van der Waals surface area contributed by atoms with E-state index < -0.39 is 16.1 Å². The Morgan fingerprint density at radius 3 is 2.41 bits per heavy atom. The average Bonchev–Trinajstić information content (AvgIpc) is 2.67. The van der Waals surface area contributed by atoms with Crippen molar-refractivity contribution >= 4 is 15.9 Å². The van der Waals surface area contributed by atoms with E-state index in [4.69, 9.17) is 4.74 Å². The Balaban J connectivity index is 1.84. The third-order valence-electron chi connectivity index (χ3n) is 5.18. The lowest BCUT2D eigenvalue weighted by molar-refractivity contribution is -0.123. The zero-order valence-corrected chi connectivity index (χ0v) is 18.8. The maximum atomic E-state index is 12.7. The lowest BCUT2D eigenvalue weighted by Crippen LogP contribution is -2.47. The van der Waals surface area contributed by atoms with Gasteiger partial charge in [-0.25, -0.2) is 8.42 Å². The lowest BCUT2D eigenvalue weighted by atomic mass is 9.98. The molecular formula is C22H36N2O4S. The van der Waals surface area contributed by atoms with Gasteiger partial charge in [0, 0.05) is 13.2 Å². The predicted molar refractivity (Wildman–Crippen MR) is 115 cm³/mol. The van der Waals surface area contributed by atoms with Crippen molar-refractivity contribution in [3.05, 3.63) is 29.8 Å². The number of carbonyl (C=O) groups excluding carboxylic acids is 1. The summed E-state index contributed by atoms with van der Waals surface area (Å²) in [6.07, 6.45) is 7.55. The summed E-state index contributed by atoms with van der Waals surface area (Å²) < 4.78 is 33.8. The minimum absolute atomic E-state index is 0.172. The number of rotatable bonds is 11. The highest BCUT2D eigenvalue weighted by Crippen LogP contribution is 2.20. The Labute approximate surface area is 175 Å². The fraction of sp³-hybridized carbons (Fsp3) is 0.682.